The van der Waals surface area contributed by atoms with Crippen LogP contribution in [0.4, 0.5) is 8.78 Å². The quantitative estimate of drug-likeness (QED) is 0.818. The van der Waals surface area contributed by atoms with E-state index in [0.29, 0.717) is 0 Å². The first-order valence-corrected chi connectivity index (χ1v) is 4.63. The second kappa shape index (κ2) is 4.87. The molecule has 0 bridgehead atoms. The number of halogens is 2. The number of alkyl halides is 2. The van der Waals surface area contributed by atoms with Crippen LogP contribution < -0.4 is 0 Å². The number of aliphatic carboxylic acids is 1. The van der Waals surface area contributed by atoms with Crippen molar-refractivity contribution in [2.75, 3.05) is 0 Å². The molecule has 0 heterocycles. The number of hydrogen-bond donors (Lipinski definition) is 1. The number of benzene rings is 1. The van der Waals surface area contributed by atoms with Crippen LogP contribution in [0.25, 0.3) is 0 Å². The molecule has 0 fully saturated rings. The average Bonchev–Trinajstić information content (AvgIpc) is 2.15. The topological polar surface area (TPSA) is 37.3 Å². The lowest BCUT2D eigenvalue weighted by molar-refractivity contribution is -0.145. The average molecular weight is 214 g/mol. The Morgan fingerprint density at radius 3 is 2.40 bits per heavy atom. The molecule has 0 atom stereocenters. The summed E-state index contributed by atoms with van der Waals surface area (Å²) in [4.78, 5) is 10.1. The SMILES string of the molecule is O=C(O)CC(F)(F)CCc1ccccc1. The molecule has 82 valence electrons. The van der Waals surface area contributed by atoms with Gasteiger partial charge < -0.3 is 5.11 Å². The molecule has 1 aromatic rings. The van der Waals surface area contributed by atoms with Gasteiger partial charge in [-0.1, -0.05) is 30.3 Å². The van der Waals surface area contributed by atoms with Crippen LogP contribution in [0.2, 0.25) is 0 Å². The fraction of sp³-hybridized carbons (Fsp3) is 0.364. The molecule has 0 saturated heterocycles. The minimum absolute atomic E-state index is 0.196. The molecule has 0 saturated carbocycles. The zero-order chi connectivity index (χ0) is 11.3. The maximum absolute atomic E-state index is 13.0. The molecule has 0 amide bonds. The summed E-state index contributed by atoms with van der Waals surface area (Å²) in [6.45, 7) is 0. The molecule has 0 aliphatic heterocycles. The summed E-state index contributed by atoms with van der Waals surface area (Å²) in [5.74, 6) is -4.59. The highest BCUT2D eigenvalue weighted by atomic mass is 19.3. The van der Waals surface area contributed by atoms with E-state index in [1.807, 2.05) is 0 Å². The molecule has 1 rings (SSSR count). The van der Waals surface area contributed by atoms with E-state index in [1.54, 1.807) is 30.3 Å². The number of rotatable bonds is 5. The third-order valence-electron chi connectivity index (χ3n) is 2.03. The van der Waals surface area contributed by atoms with Crippen LogP contribution in [-0.4, -0.2) is 17.0 Å². The van der Waals surface area contributed by atoms with Gasteiger partial charge in [0.25, 0.3) is 5.92 Å². The Hall–Kier alpha value is -1.45. The highest BCUT2D eigenvalue weighted by Crippen LogP contribution is 2.24. The normalized spacial score (nSPS) is 11.3. The van der Waals surface area contributed by atoms with Crippen molar-refractivity contribution in [3.05, 3.63) is 35.9 Å². The Balaban J connectivity index is 2.46. The minimum atomic E-state index is -3.12. The van der Waals surface area contributed by atoms with Gasteiger partial charge in [0.05, 0.1) is 0 Å². The van der Waals surface area contributed by atoms with Gasteiger partial charge in [-0.15, -0.1) is 0 Å². The van der Waals surface area contributed by atoms with E-state index in [1.165, 1.54) is 0 Å². The molecule has 1 N–H and O–H groups in total. The van der Waals surface area contributed by atoms with Crippen molar-refractivity contribution < 1.29 is 18.7 Å². The van der Waals surface area contributed by atoms with Crippen LogP contribution in [-0.2, 0) is 11.2 Å². The number of aryl methyl sites for hydroxylation is 1. The summed E-state index contributed by atoms with van der Waals surface area (Å²) < 4.78 is 26.0. The molecule has 4 heteroatoms. The smallest absolute Gasteiger partial charge is 0.309 e. The molecular weight excluding hydrogens is 202 g/mol. The Bertz CT molecular complexity index is 323. The monoisotopic (exact) mass is 214 g/mol. The summed E-state index contributed by atoms with van der Waals surface area (Å²) in [5, 5.41) is 8.27. The number of hydrogen-bond acceptors (Lipinski definition) is 1. The van der Waals surface area contributed by atoms with Crippen molar-refractivity contribution >= 4 is 5.97 Å². The van der Waals surface area contributed by atoms with E-state index < -0.39 is 24.7 Å². The summed E-state index contributed by atoms with van der Waals surface area (Å²) in [6, 6.07) is 8.84. The molecule has 1 aromatic carbocycles. The largest absolute Gasteiger partial charge is 0.481 e. The Labute approximate surface area is 86.5 Å². The zero-order valence-electron chi connectivity index (χ0n) is 8.12. The van der Waals surface area contributed by atoms with Gasteiger partial charge >= 0.3 is 5.97 Å². The van der Waals surface area contributed by atoms with Crippen molar-refractivity contribution in [2.24, 2.45) is 0 Å². The summed E-state index contributed by atoms with van der Waals surface area (Å²) in [6.07, 6.45) is -1.33. The van der Waals surface area contributed by atoms with Crippen LogP contribution in [0, 0.1) is 0 Å². The van der Waals surface area contributed by atoms with Gasteiger partial charge in [-0.25, -0.2) is 8.78 Å². The second-order valence-electron chi connectivity index (χ2n) is 3.41. The first kappa shape index (κ1) is 11.6. The van der Waals surface area contributed by atoms with E-state index in [2.05, 4.69) is 0 Å². The maximum atomic E-state index is 13.0. The lowest BCUT2D eigenvalue weighted by Crippen LogP contribution is -2.21. The van der Waals surface area contributed by atoms with Gasteiger partial charge in [0.1, 0.15) is 6.42 Å². The summed E-state index contributed by atoms with van der Waals surface area (Å²) in [5.41, 5.74) is 0.794. The van der Waals surface area contributed by atoms with Crippen LogP contribution in [0.1, 0.15) is 18.4 Å². The molecule has 0 aromatic heterocycles. The predicted molar refractivity (Wildman–Crippen MR) is 52.0 cm³/mol. The molecule has 0 aliphatic rings. The fourth-order valence-electron chi connectivity index (χ4n) is 1.28. The highest BCUT2D eigenvalue weighted by molar-refractivity contribution is 5.67. The predicted octanol–water partition coefficient (Wildman–Crippen LogP) is 2.73. The van der Waals surface area contributed by atoms with Gasteiger partial charge in [-0.05, 0) is 12.0 Å². The first-order valence-electron chi connectivity index (χ1n) is 4.63. The van der Waals surface area contributed by atoms with Gasteiger partial charge in [-0.2, -0.15) is 0 Å². The molecule has 15 heavy (non-hydrogen) atoms. The lowest BCUT2D eigenvalue weighted by atomic mass is 10.0. The van der Waals surface area contributed by atoms with Crippen molar-refractivity contribution in [1.29, 1.82) is 0 Å². The van der Waals surface area contributed by atoms with Crippen molar-refractivity contribution in [3.63, 3.8) is 0 Å². The molecular formula is C11H12F2O2. The van der Waals surface area contributed by atoms with E-state index >= 15 is 0 Å². The second-order valence-corrected chi connectivity index (χ2v) is 3.41. The highest BCUT2D eigenvalue weighted by Gasteiger charge is 2.31. The van der Waals surface area contributed by atoms with Crippen LogP contribution in [0.5, 0.6) is 0 Å². The number of carboxylic acid groups (broad SMARTS) is 1. The lowest BCUT2D eigenvalue weighted by Gasteiger charge is -2.13. The van der Waals surface area contributed by atoms with E-state index in [-0.39, 0.29) is 6.42 Å². The van der Waals surface area contributed by atoms with Gasteiger partial charge in [0.2, 0.25) is 0 Å². The van der Waals surface area contributed by atoms with Crippen molar-refractivity contribution in [1.82, 2.24) is 0 Å². The first-order chi connectivity index (χ1) is 6.99. The molecule has 0 spiro atoms. The van der Waals surface area contributed by atoms with Gasteiger partial charge in [0, 0.05) is 6.42 Å². The third kappa shape index (κ3) is 4.54. The minimum Gasteiger partial charge on any atom is -0.481 e. The Morgan fingerprint density at radius 1 is 1.27 bits per heavy atom. The zero-order valence-corrected chi connectivity index (χ0v) is 8.12. The maximum Gasteiger partial charge on any atom is 0.309 e. The molecule has 0 unspecified atom stereocenters. The van der Waals surface area contributed by atoms with Crippen LogP contribution >= 0.6 is 0 Å². The standard InChI is InChI=1S/C11H12F2O2/c12-11(13,8-10(14)15)7-6-9-4-2-1-3-5-9/h1-5H,6-8H2,(H,14,15). The molecule has 0 aliphatic carbocycles. The van der Waals surface area contributed by atoms with Gasteiger partial charge in [0.15, 0.2) is 0 Å². The van der Waals surface area contributed by atoms with Crippen molar-refractivity contribution in [2.45, 2.75) is 25.2 Å². The molecule has 2 nitrogen and oxygen atoms in total. The third-order valence-corrected chi connectivity index (χ3v) is 2.03. The fourth-order valence-corrected chi connectivity index (χ4v) is 1.28. The Kier molecular flexibility index (Phi) is 3.77. The summed E-state index contributed by atoms with van der Waals surface area (Å²) in [7, 11) is 0. The van der Waals surface area contributed by atoms with E-state index in [9.17, 15) is 13.6 Å². The van der Waals surface area contributed by atoms with Crippen LogP contribution in [0.3, 0.4) is 0 Å². The summed E-state index contributed by atoms with van der Waals surface area (Å²) >= 11 is 0. The van der Waals surface area contributed by atoms with E-state index in [4.69, 9.17) is 5.11 Å². The Morgan fingerprint density at radius 2 is 1.87 bits per heavy atom. The number of carbonyl (C=O) groups is 1. The number of carboxylic acids is 1. The van der Waals surface area contributed by atoms with E-state index in [0.717, 1.165) is 5.56 Å². The molecule has 0 radical (unpaired) electrons. The van der Waals surface area contributed by atoms with Crippen molar-refractivity contribution in [3.8, 4) is 0 Å². The van der Waals surface area contributed by atoms with Crippen LogP contribution in [0.15, 0.2) is 30.3 Å². The van der Waals surface area contributed by atoms with Gasteiger partial charge in [-0.3, -0.25) is 4.79 Å².